The average molecular weight is 299 g/mol. The Hall–Kier alpha value is -0.440. The van der Waals surface area contributed by atoms with Crippen molar-refractivity contribution in [1.29, 1.82) is 0 Å². The van der Waals surface area contributed by atoms with E-state index in [0.29, 0.717) is 5.54 Å². The summed E-state index contributed by atoms with van der Waals surface area (Å²) >= 11 is 12.5. The van der Waals surface area contributed by atoms with E-state index in [1.165, 1.54) is 25.7 Å². The van der Waals surface area contributed by atoms with Crippen molar-refractivity contribution in [3.05, 3.63) is 28.2 Å². The summed E-state index contributed by atoms with van der Waals surface area (Å²) in [5, 5.41) is 5.34. The molecule has 1 saturated heterocycles. The molecule has 0 atom stereocenters. The van der Waals surface area contributed by atoms with Crippen molar-refractivity contribution in [3.63, 3.8) is 0 Å². The third-order valence-corrected chi connectivity index (χ3v) is 4.96. The van der Waals surface area contributed by atoms with Crippen LogP contribution in [0.1, 0.15) is 32.1 Å². The zero-order chi connectivity index (χ0) is 13.3. The van der Waals surface area contributed by atoms with Crippen molar-refractivity contribution in [2.45, 2.75) is 37.6 Å². The number of hydrogen-bond donors (Lipinski definition) is 1. The average Bonchev–Trinajstić information content (AvgIpc) is 2.74. The van der Waals surface area contributed by atoms with Crippen molar-refractivity contribution in [2.75, 3.05) is 24.5 Å². The molecule has 1 spiro atoms. The van der Waals surface area contributed by atoms with Crippen molar-refractivity contribution >= 4 is 28.9 Å². The summed E-state index contributed by atoms with van der Waals surface area (Å²) in [4.78, 5) is 2.42. The number of nitrogens with zero attached hydrogens (tertiary/aromatic N) is 1. The fourth-order valence-electron chi connectivity index (χ4n) is 3.44. The lowest BCUT2D eigenvalue weighted by atomic mass is 9.97. The molecule has 1 heterocycles. The van der Waals surface area contributed by atoms with E-state index < -0.39 is 0 Å². The predicted molar refractivity (Wildman–Crippen MR) is 82.5 cm³/mol. The molecule has 1 aromatic rings. The Morgan fingerprint density at radius 1 is 1.11 bits per heavy atom. The first kappa shape index (κ1) is 13.5. The number of hydrogen-bond acceptors (Lipinski definition) is 2. The predicted octanol–water partition coefficient (Wildman–Crippen LogP) is 4.11. The molecule has 0 amide bonds. The Morgan fingerprint density at radius 3 is 2.68 bits per heavy atom. The smallest absolute Gasteiger partial charge is 0.0640 e. The third kappa shape index (κ3) is 2.86. The second-order valence-electron chi connectivity index (χ2n) is 5.79. The molecule has 0 radical (unpaired) electrons. The minimum absolute atomic E-state index is 0.294. The molecule has 1 aliphatic carbocycles. The van der Waals surface area contributed by atoms with Gasteiger partial charge in [0.05, 0.1) is 10.7 Å². The molecular formula is C15H20Cl2N2. The van der Waals surface area contributed by atoms with E-state index in [2.05, 4.69) is 10.2 Å². The first-order chi connectivity index (χ1) is 9.19. The Kier molecular flexibility index (Phi) is 3.93. The van der Waals surface area contributed by atoms with E-state index in [1.54, 1.807) is 0 Å². The fourth-order valence-corrected chi connectivity index (χ4v) is 3.85. The summed E-state index contributed by atoms with van der Waals surface area (Å²) in [6.45, 7) is 3.20. The van der Waals surface area contributed by atoms with Crippen LogP contribution in [0.5, 0.6) is 0 Å². The van der Waals surface area contributed by atoms with Gasteiger partial charge in [-0.1, -0.05) is 36.0 Å². The maximum atomic E-state index is 6.36. The number of benzene rings is 1. The van der Waals surface area contributed by atoms with Crippen molar-refractivity contribution in [2.24, 2.45) is 0 Å². The van der Waals surface area contributed by atoms with Crippen LogP contribution in [0.25, 0.3) is 0 Å². The largest absolute Gasteiger partial charge is 0.368 e. The molecule has 1 N–H and O–H groups in total. The van der Waals surface area contributed by atoms with Gasteiger partial charge in [-0.3, -0.25) is 0 Å². The third-order valence-electron chi connectivity index (χ3n) is 4.41. The molecular weight excluding hydrogens is 279 g/mol. The second-order valence-corrected chi connectivity index (χ2v) is 6.63. The summed E-state index contributed by atoms with van der Waals surface area (Å²) in [7, 11) is 0. The van der Waals surface area contributed by atoms with Gasteiger partial charge in [-0.15, -0.1) is 0 Å². The lowest BCUT2D eigenvalue weighted by Gasteiger charge is -2.34. The van der Waals surface area contributed by atoms with Gasteiger partial charge >= 0.3 is 0 Å². The van der Waals surface area contributed by atoms with Gasteiger partial charge in [0.25, 0.3) is 0 Å². The van der Waals surface area contributed by atoms with Gasteiger partial charge in [-0.25, -0.2) is 0 Å². The van der Waals surface area contributed by atoms with Crippen LogP contribution in [0.2, 0.25) is 10.0 Å². The molecule has 4 heteroatoms. The quantitative estimate of drug-likeness (QED) is 0.839. The normalized spacial score (nSPS) is 22.7. The Morgan fingerprint density at radius 2 is 1.89 bits per heavy atom. The molecule has 0 unspecified atom stereocenters. The first-order valence-corrected chi connectivity index (χ1v) is 7.89. The van der Waals surface area contributed by atoms with Crippen LogP contribution in [0, 0.1) is 0 Å². The first-order valence-electron chi connectivity index (χ1n) is 7.14. The second kappa shape index (κ2) is 5.51. The number of nitrogens with one attached hydrogen (secondary N) is 1. The lowest BCUT2D eigenvalue weighted by Crippen LogP contribution is -2.49. The molecule has 2 aliphatic rings. The van der Waals surface area contributed by atoms with E-state index in [9.17, 15) is 0 Å². The summed E-state index contributed by atoms with van der Waals surface area (Å²) < 4.78 is 0. The van der Waals surface area contributed by atoms with Gasteiger partial charge in [0.2, 0.25) is 0 Å². The van der Waals surface area contributed by atoms with Crippen LogP contribution < -0.4 is 10.2 Å². The monoisotopic (exact) mass is 298 g/mol. The van der Waals surface area contributed by atoms with Gasteiger partial charge in [0.15, 0.2) is 0 Å². The standard InChI is InChI=1S/C15H20Cl2N2/c16-12-4-5-13(17)14(10-12)19-9-3-8-18-15(11-19)6-1-2-7-15/h4-5,10,18H,1-3,6-9,11H2. The van der Waals surface area contributed by atoms with E-state index in [-0.39, 0.29) is 0 Å². The Labute approximate surface area is 125 Å². The summed E-state index contributed by atoms with van der Waals surface area (Å²) in [6.07, 6.45) is 6.39. The van der Waals surface area contributed by atoms with E-state index in [1.807, 2.05) is 18.2 Å². The van der Waals surface area contributed by atoms with E-state index in [0.717, 1.165) is 41.8 Å². The molecule has 1 aromatic carbocycles. The highest BCUT2D eigenvalue weighted by molar-refractivity contribution is 6.35. The van der Waals surface area contributed by atoms with Crippen molar-refractivity contribution < 1.29 is 0 Å². The molecule has 104 valence electrons. The van der Waals surface area contributed by atoms with Gasteiger partial charge in [-0.2, -0.15) is 0 Å². The van der Waals surface area contributed by atoms with Gasteiger partial charge in [-0.05, 0) is 44.0 Å². The van der Waals surface area contributed by atoms with E-state index in [4.69, 9.17) is 23.2 Å². The number of halogens is 2. The number of anilines is 1. The summed E-state index contributed by atoms with van der Waals surface area (Å²) in [6, 6.07) is 5.76. The maximum Gasteiger partial charge on any atom is 0.0640 e. The van der Waals surface area contributed by atoms with Crippen LogP contribution in [-0.4, -0.2) is 25.2 Å². The van der Waals surface area contributed by atoms with Crippen molar-refractivity contribution in [1.82, 2.24) is 5.32 Å². The molecule has 19 heavy (non-hydrogen) atoms. The number of rotatable bonds is 1. The molecule has 2 nitrogen and oxygen atoms in total. The van der Waals surface area contributed by atoms with Crippen LogP contribution in [0.3, 0.4) is 0 Å². The maximum absolute atomic E-state index is 6.36. The van der Waals surface area contributed by atoms with Gasteiger partial charge in [0, 0.05) is 23.7 Å². The van der Waals surface area contributed by atoms with Crippen LogP contribution in [0.15, 0.2) is 18.2 Å². The zero-order valence-electron chi connectivity index (χ0n) is 11.1. The van der Waals surface area contributed by atoms with Gasteiger partial charge in [0.1, 0.15) is 0 Å². The minimum atomic E-state index is 0.294. The minimum Gasteiger partial charge on any atom is -0.368 e. The Balaban J connectivity index is 1.88. The highest BCUT2D eigenvalue weighted by Crippen LogP contribution is 2.36. The topological polar surface area (TPSA) is 15.3 Å². The summed E-state index contributed by atoms with van der Waals surface area (Å²) in [5.41, 5.74) is 1.38. The van der Waals surface area contributed by atoms with Crippen molar-refractivity contribution in [3.8, 4) is 0 Å². The molecule has 0 aromatic heterocycles. The Bertz CT molecular complexity index is 455. The van der Waals surface area contributed by atoms with E-state index >= 15 is 0 Å². The lowest BCUT2D eigenvalue weighted by molar-refractivity contribution is 0.354. The SMILES string of the molecule is Clc1ccc(Cl)c(N2CCCNC3(CCCC3)C2)c1. The van der Waals surface area contributed by atoms with Crippen LogP contribution in [0.4, 0.5) is 5.69 Å². The molecule has 0 bridgehead atoms. The highest BCUT2D eigenvalue weighted by Gasteiger charge is 2.36. The molecule has 1 aliphatic heterocycles. The molecule has 1 saturated carbocycles. The highest BCUT2D eigenvalue weighted by atomic mass is 35.5. The summed E-state index contributed by atoms with van der Waals surface area (Å²) in [5.74, 6) is 0. The zero-order valence-corrected chi connectivity index (χ0v) is 12.6. The van der Waals surface area contributed by atoms with Crippen LogP contribution >= 0.6 is 23.2 Å². The van der Waals surface area contributed by atoms with Crippen LogP contribution in [-0.2, 0) is 0 Å². The van der Waals surface area contributed by atoms with Gasteiger partial charge < -0.3 is 10.2 Å². The molecule has 3 rings (SSSR count). The fraction of sp³-hybridized carbons (Fsp3) is 0.600. The molecule has 2 fully saturated rings.